The van der Waals surface area contributed by atoms with E-state index in [1.54, 1.807) is 7.05 Å². The number of carbonyl (C=O) groups is 1. The molecular weight excluding hydrogens is 165 g/mol. The summed E-state index contributed by atoms with van der Waals surface area (Å²) in [5, 5.41) is 15.0. The van der Waals surface area contributed by atoms with Gasteiger partial charge in [-0.1, -0.05) is 0 Å². The first kappa shape index (κ1) is 8.01. The van der Waals surface area contributed by atoms with Gasteiger partial charge in [0, 0.05) is 7.05 Å². The number of aromatic nitrogens is 2. The second kappa shape index (κ2) is 2.88. The number of nitrogens with one attached hydrogen (secondary N) is 1. The summed E-state index contributed by atoms with van der Waals surface area (Å²) in [4.78, 5) is 10.5. The van der Waals surface area contributed by atoms with Gasteiger partial charge in [0.1, 0.15) is 11.4 Å². The maximum atomic E-state index is 10.5. The molecule has 0 aromatic carbocycles. The van der Waals surface area contributed by atoms with Crippen molar-refractivity contribution in [3.63, 3.8) is 0 Å². The van der Waals surface area contributed by atoms with E-state index in [1.807, 2.05) is 0 Å². The van der Waals surface area contributed by atoms with Crippen LogP contribution >= 0.6 is 9.39 Å². The number of aryl methyl sites for hydroxylation is 1. The highest BCUT2D eigenvalue weighted by molar-refractivity contribution is 7.18. The summed E-state index contributed by atoms with van der Waals surface area (Å²) < 4.78 is 1.45. The molecule has 0 aliphatic carbocycles. The third-order valence-electron chi connectivity index (χ3n) is 1.31. The van der Waals surface area contributed by atoms with E-state index in [1.165, 1.54) is 10.9 Å². The quantitative estimate of drug-likeness (QED) is 0.632. The van der Waals surface area contributed by atoms with Crippen LogP contribution in [0.3, 0.4) is 0 Å². The Kier molecular flexibility index (Phi) is 2.10. The molecule has 0 fully saturated rings. The summed E-state index contributed by atoms with van der Waals surface area (Å²) in [5.74, 6) is -0.509. The Morgan fingerprint density at radius 1 is 1.91 bits per heavy atom. The Morgan fingerprint density at radius 2 is 2.55 bits per heavy atom. The zero-order valence-electron chi connectivity index (χ0n) is 5.90. The molecule has 0 amide bonds. The van der Waals surface area contributed by atoms with Crippen molar-refractivity contribution in [2.75, 3.05) is 5.09 Å². The zero-order valence-corrected chi connectivity index (χ0v) is 7.06. The fourth-order valence-electron chi connectivity index (χ4n) is 0.765. The molecule has 0 bridgehead atoms. The Bertz CT molecular complexity index is 283. The molecule has 5 nitrogen and oxygen atoms in total. The first-order valence-corrected chi connectivity index (χ1v) is 3.46. The first-order chi connectivity index (χ1) is 5.16. The zero-order chi connectivity index (χ0) is 8.43. The van der Waals surface area contributed by atoms with Crippen molar-refractivity contribution in [2.45, 2.75) is 0 Å². The van der Waals surface area contributed by atoms with E-state index in [4.69, 9.17) is 5.11 Å². The van der Waals surface area contributed by atoms with Crippen molar-refractivity contribution in [1.29, 1.82) is 0 Å². The summed E-state index contributed by atoms with van der Waals surface area (Å²) in [5.41, 5.74) is 0.169. The van der Waals surface area contributed by atoms with Crippen LogP contribution in [0.4, 0.5) is 5.82 Å². The summed E-state index contributed by atoms with van der Waals surface area (Å²) in [6.07, 6.45) is 1.30. The standard InChI is InChI=1S/C5H8N3O2P/c1-8-4(7-11)3(2-6-8)5(9)10/h2,7H,11H2,1H3,(H,9,10). The van der Waals surface area contributed by atoms with Crippen molar-refractivity contribution < 1.29 is 9.90 Å². The van der Waals surface area contributed by atoms with E-state index >= 15 is 0 Å². The minimum absolute atomic E-state index is 0.169. The van der Waals surface area contributed by atoms with Gasteiger partial charge in [-0.05, 0) is 9.39 Å². The largest absolute Gasteiger partial charge is 0.477 e. The number of carboxylic acids is 1. The summed E-state index contributed by atoms with van der Waals surface area (Å²) >= 11 is 0. The van der Waals surface area contributed by atoms with Crippen LogP contribution in [-0.4, -0.2) is 20.9 Å². The minimum atomic E-state index is -0.983. The molecule has 2 N–H and O–H groups in total. The van der Waals surface area contributed by atoms with Gasteiger partial charge >= 0.3 is 5.97 Å². The average Bonchev–Trinajstić information content (AvgIpc) is 2.30. The highest BCUT2D eigenvalue weighted by atomic mass is 31.0. The molecule has 0 aliphatic heterocycles. The summed E-state index contributed by atoms with van der Waals surface area (Å²) in [6, 6.07) is 0. The van der Waals surface area contributed by atoms with Crippen LogP contribution < -0.4 is 5.09 Å². The van der Waals surface area contributed by atoms with Crippen LogP contribution in [0.5, 0.6) is 0 Å². The van der Waals surface area contributed by atoms with Crippen molar-refractivity contribution in [3.8, 4) is 0 Å². The van der Waals surface area contributed by atoms with Crippen LogP contribution in [0.15, 0.2) is 6.20 Å². The Balaban J connectivity index is 3.15. The lowest BCUT2D eigenvalue weighted by atomic mass is 10.3. The molecular formula is C5H8N3O2P. The Labute approximate surface area is 65.7 Å². The predicted octanol–water partition coefficient (Wildman–Crippen LogP) is 0.320. The maximum Gasteiger partial charge on any atom is 0.341 e. The van der Waals surface area contributed by atoms with Gasteiger partial charge in [0.25, 0.3) is 0 Å². The minimum Gasteiger partial charge on any atom is -0.477 e. The Morgan fingerprint density at radius 3 is 2.91 bits per heavy atom. The first-order valence-electron chi connectivity index (χ1n) is 2.88. The van der Waals surface area contributed by atoms with Gasteiger partial charge in [-0.15, -0.1) is 0 Å². The number of hydrogen-bond donors (Lipinski definition) is 2. The molecule has 0 saturated heterocycles. The van der Waals surface area contributed by atoms with E-state index in [9.17, 15) is 4.79 Å². The van der Waals surface area contributed by atoms with Crippen LogP contribution in [0.2, 0.25) is 0 Å². The molecule has 0 spiro atoms. The lowest BCUT2D eigenvalue weighted by Gasteiger charge is -1.99. The van der Waals surface area contributed by atoms with Gasteiger partial charge in [-0.3, -0.25) is 4.68 Å². The summed E-state index contributed by atoms with van der Waals surface area (Å²) in [6.45, 7) is 0. The van der Waals surface area contributed by atoms with E-state index in [0.717, 1.165) is 0 Å². The number of anilines is 1. The molecule has 1 aromatic heterocycles. The normalized spacial score (nSPS) is 9.64. The molecule has 1 unspecified atom stereocenters. The molecule has 0 aliphatic rings. The number of rotatable bonds is 2. The van der Waals surface area contributed by atoms with E-state index in [-0.39, 0.29) is 5.56 Å². The van der Waals surface area contributed by atoms with Gasteiger partial charge in [0.05, 0.1) is 6.20 Å². The lowest BCUT2D eigenvalue weighted by molar-refractivity contribution is 0.0698. The molecule has 1 heterocycles. The average molecular weight is 173 g/mol. The highest BCUT2D eigenvalue weighted by Gasteiger charge is 2.12. The van der Waals surface area contributed by atoms with Crippen molar-refractivity contribution >= 4 is 21.2 Å². The monoisotopic (exact) mass is 173 g/mol. The summed E-state index contributed by atoms with van der Waals surface area (Å²) in [7, 11) is 3.89. The topological polar surface area (TPSA) is 67.2 Å². The molecule has 0 radical (unpaired) electrons. The van der Waals surface area contributed by atoms with Gasteiger partial charge in [-0.25, -0.2) is 4.79 Å². The molecule has 1 aromatic rings. The van der Waals surface area contributed by atoms with Crippen LogP contribution in [-0.2, 0) is 7.05 Å². The van der Waals surface area contributed by atoms with Gasteiger partial charge in [0.15, 0.2) is 0 Å². The third kappa shape index (κ3) is 1.33. The maximum absolute atomic E-state index is 10.5. The van der Waals surface area contributed by atoms with Gasteiger partial charge in [-0.2, -0.15) is 5.10 Å². The molecule has 0 saturated carbocycles. The van der Waals surface area contributed by atoms with Gasteiger partial charge < -0.3 is 10.2 Å². The fourth-order valence-corrected chi connectivity index (χ4v) is 1.11. The predicted molar refractivity (Wildman–Crippen MR) is 43.5 cm³/mol. The SMILES string of the molecule is Cn1ncc(C(=O)O)c1NP. The number of carboxylic acid groups (broad SMARTS) is 1. The molecule has 11 heavy (non-hydrogen) atoms. The number of nitrogens with zero attached hydrogens (tertiary/aromatic N) is 2. The third-order valence-corrected chi connectivity index (χ3v) is 1.58. The molecule has 6 heteroatoms. The second-order valence-corrected chi connectivity index (χ2v) is 2.27. The van der Waals surface area contributed by atoms with E-state index < -0.39 is 5.97 Å². The van der Waals surface area contributed by atoms with Crippen molar-refractivity contribution in [3.05, 3.63) is 11.8 Å². The van der Waals surface area contributed by atoms with E-state index in [2.05, 4.69) is 19.6 Å². The smallest absolute Gasteiger partial charge is 0.341 e. The second-order valence-electron chi connectivity index (χ2n) is 1.98. The van der Waals surface area contributed by atoms with Crippen molar-refractivity contribution in [1.82, 2.24) is 9.78 Å². The van der Waals surface area contributed by atoms with Crippen LogP contribution in [0.25, 0.3) is 0 Å². The van der Waals surface area contributed by atoms with Crippen LogP contribution in [0.1, 0.15) is 10.4 Å². The lowest BCUT2D eigenvalue weighted by Crippen LogP contribution is -2.00. The van der Waals surface area contributed by atoms with Crippen molar-refractivity contribution in [2.24, 2.45) is 7.05 Å². The fraction of sp³-hybridized carbons (Fsp3) is 0.200. The highest BCUT2D eigenvalue weighted by Crippen LogP contribution is 2.14. The number of aromatic carboxylic acids is 1. The molecule has 1 rings (SSSR count). The van der Waals surface area contributed by atoms with Crippen LogP contribution in [0, 0.1) is 0 Å². The van der Waals surface area contributed by atoms with E-state index in [0.29, 0.717) is 5.82 Å². The Hall–Kier alpha value is -1.09. The molecule has 60 valence electrons. The number of hydrogen-bond acceptors (Lipinski definition) is 3. The molecule has 1 atom stereocenters. The van der Waals surface area contributed by atoms with Gasteiger partial charge in [0.2, 0.25) is 0 Å².